The Hall–Kier alpha value is -1.36. The van der Waals surface area contributed by atoms with Crippen molar-refractivity contribution in [2.45, 2.75) is 31.7 Å². The second-order valence-electron chi connectivity index (χ2n) is 5.60. The molecular weight excluding hydrogens is 333 g/mol. The first-order valence-corrected chi connectivity index (χ1v) is 7.65. The normalized spacial score (nSPS) is 17.0. The summed E-state index contributed by atoms with van der Waals surface area (Å²) < 4.78 is 0. The summed E-state index contributed by atoms with van der Waals surface area (Å²) in [5.41, 5.74) is 2.18. The molecule has 3 rings (SSSR count). The van der Waals surface area contributed by atoms with Crippen molar-refractivity contribution in [1.82, 2.24) is 15.6 Å². The first-order chi connectivity index (χ1) is 10.3. The van der Waals surface area contributed by atoms with E-state index in [1.54, 1.807) is 0 Å². The van der Waals surface area contributed by atoms with E-state index in [4.69, 9.17) is 0 Å². The minimum Gasteiger partial charge on any atom is -0.352 e. The minimum absolute atomic E-state index is 0. The molecule has 6 heteroatoms. The summed E-state index contributed by atoms with van der Waals surface area (Å²) in [5.74, 6) is 0.143. The van der Waals surface area contributed by atoms with Crippen molar-refractivity contribution in [1.29, 1.82) is 0 Å². The highest BCUT2D eigenvalue weighted by atomic mass is 35.5. The quantitative estimate of drug-likeness (QED) is 0.886. The number of para-hydroxylation sites is 1. The van der Waals surface area contributed by atoms with Crippen molar-refractivity contribution >= 4 is 41.6 Å². The van der Waals surface area contributed by atoms with Crippen LogP contribution in [-0.4, -0.2) is 30.0 Å². The number of benzene rings is 1. The molecule has 2 heterocycles. The van der Waals surface area contributed by atoms with E-state index in [0.29, 0.717) is 12.5 Å². The van der Waals surface area contributed by atoms with Crippen molar-refractivity contribution in [2.24, 2.45) is 0 Å². The van der Waals surface area contributed by atoms with Gasteiger partial charge in [0.05, 0.1) is 5.52 Å². The van der Waals surface area contributed by atoms with Crippen LogP contribution in [0.15, 0.2) is 36.5 Å². The molecule has 1 aromatic carbocycles. The number of fused-ring (bicyclic) bond motifs is 1. The third-order valence-electron chi connectivity index (χ3n) is 4.02. The number of amides is 1. The number of halogens is 2. The van der Waals surface area contributed by atoms with Crippen molar-refractivity contribution in [3.05, 3.63) is 42.1 Å². The van der Waals surface area contributed by atoms with Gasteiger partial charge in [-0.2, -0.15) is 0 Å². The maximum Gasteiger partial charge on any atom is 0.220 e. The lowest BCUT2D eigenvalue weighted by Gasteiger charge is -2.23. The summed E-state index contributed by atoms with van der Waals surface area (Å²) >= 11 is 0. The highest BCUT2D eigenvalue weighted by molar-refractivity contribution is 5.85. The number of aryl methyl sites for hydroxylation is 1. The number of hydrogen-bond donors (Lipinski definition) is 2. The molecule has 0 spiro atoms. The highest BCUT2D eigenvalue weighted by Gasteiger charge is 2.15. The molecule has 1 aliphatic heterocycles. The topological polar surface area (TPSA) is 54.0 Å². The van der Waals surface area contributed by atoms with E-state index in [1.807, 2.05) is 30.5 Å². The van der Waals surface area contributed by atoms with Crippen molar-refractivity contribution in [2.75, 3.05) is 13.1 Å². The summed E-state index contributed by atoms with van der Waals surface area (Å²) in [6, 6.07) is 10.4. The van der Waals surface area contributed by atoms with E-state index in [2.05, 4.69) is 21.7 Å². The summed E-state index contributed by atoms with van der Waals surface area (Å²) in [7, 11) is 0. The van der Waals surface area contributed by atoms with Crippen LogP contribution in [0.4, 0.5) is 0 Å². The molecule has 23 heavy (non-hydrogen) atoms. The number of carbonyl (C=O) groups is 1. The molecule has 1 saturated heterocycles. The molecule has 0 saturated carbocycles. The number of aromatic nitrogens is 1. The molecule has 1 amide bonds. The Morgan fingerprint density at radius 3 is 2.87 bits per heavy atom. The number of hydrogen-bond acceptors (Lipinski definition) is 3. The lowest BCUT2D eigenvalue weighted by atomic mass is 10.0. The van der Waals surface area contributed by atoms with Gasteiger partial charge in [0.1, 0.15) is 0 Å². The molecule has 0 bridgehead atoms. The Balaban J connectivity index is 0.00000132. The van der Waals surface area contributed by atoms with Crippen molar-refractivity contribution in [3.8, 4) is 0 Å². The van der Waals surface area contributed by atoms with E-state index < -0.39 is 0 Å². The van der Waals surface area contributed by atoms with Crippen LogP contribution >= 0.6 is 24.8 Å². The first kappa shape index (κ1) is 19.7. The van der Waals surface area contributed by atoms with E-state index in [9.17, 15) is 4.79 Å². The third-order valence-corrected chi connectivity index (χ3v) is 4.02. The van der Waals surface area contributed by atoms with E-state index in [-0.39, 0.29) is 30.7 Å². The monoisotopic (exact) mass is 355 g/mol. The van der Waals surface area contributed by atoms with Crippen molar-refractivity contribution in [3.63, 3.8) is 0 Å². The van der Waals surface area contributed by atoms with Gasteiger partial charge >= 0.3 is 0 Å². The average molecular weight is 356 g/mol. The van der Waals surface area contributed by atoms with Crippen LogP contribution in [-0.2, 0) is 11.2 Å². The molecule has 1 atom stereocenters. The van der Waals surface area contributed by atoms with Gasteiger partial charge in [0.25, 0.3) is 0 Å². The summed E-state index contributed by atoms with van der Waals surface area (Å²) in [6.45, 7) is 1.96. The van der Waals surface area contributed by atoms with Gasteiger partial charge in [0.15, 0.2) is 0 Å². The predicted molar refractivity (Wildman–Crippen MR) is 98.6 cm³/mol. The summed E-state index contributed by atoms with van der Waals surface area (Å²) in [6.07, 6.45) is 5.33. The number of carbonyl (C=O) groups excluding carboxylic acids is 1. The van der Waals surface area contributed by atoms with Gasteiger partial charge in [-0.1, -0.05) is 18.2 Å². The van der Waals surface area contributed by atoms with Gasteiger partial charge in [0.2, 0.25) is 5.91 Å². The molecule has 1 fully saturated rings. The van der Waals surface area contributed by atoms with Crippen LogP contribution in [0, 0.1) is 0 Å². The first-order valence-electron chi connectivity index (χ1n) is 7.65. The predicted octanol–water partition coefficient (Wildman–Crippen LogP) is 2.88. The smallest absolute Gasteiger partial charge is 0.220 e. The molecule has 1 aliphatic rings. The van der Waals surface area contributed by atoms with Crippen molar-refractivity contribution < 1.29 is 4.79 Å². The zero-order valence-corrected chi connectivity index (χ0v) is 14.6. The molecule has 126 valence electrons. The largest absolute Gasteiger partial charge is 0.352 e. The van der Waals surface area contributed by atoms with Crippen LogP contribution in [0.2, 0.25) is 0 Å². The second-order valence-corrected chi connectivity index (χ2v) is 5.60. The second kappa shape index (κ2) is 9.71. The standard InChI is InChI=1S/C17H21N3O.2ClH/c21-17(20-14-4-3-10-18-12-14)8-7-13-9-11-19-16-6-2-1-5-15(13)16;;/h1-2,5-6,9,11,14,18H,3-4,7-8,10,12H2,(H,20,21);2*1H/t14-;;/m0../s1. The minimum atomic E-state index is 0. The van der Waals surface area contributed by atoms with E-state index in [0.717, 1.165) is 43.3 Å². The van der Waals surface area contributed by atoms with Crippen LogP contribution in [0.5, 0.6) is 0 Å². The SMILES string of the molecule is Cl.Cl.O=C(CCc1ccnc2ccccc12)N[C@H]1CCCNC1. The molecule has 2 aromatic rings. The molecule has 1 aromatic heterocycles. The van der Waals surface area contributed by atoms with Gasteiger partial charge in [-0.3, -0.25) is 9.78 Å². The fourth-order valence-electron chi connectivity index (χ4n) is 2.90. The highest BCUT2D eigenvalue weighted by Crippen LogP contribution is 2.17. The Morgan fingerprint density at radius 2 is 2.09 bits per heavy atom. The number of rotatable bonds is 4. The zero-order chi connectivity index (χ0) is 14.5. The Morgan fingerprint density at radius 1 is 1.26 bits per heavy atom. The van der Waals surface area contributed by atoms with Crippen LogP contribution in [0.3, 0.4) is 0 Å². The molecule has 2 N–H and O–H groups in total. The number of nitrogens with zero attached hydrogens (tertiary/aromatic N) is 1. The van der Waals surface area contributed by atoms with E-state index >= 15 is 0 Å². The number of piperidine rings is 1. The molecule has 4 nitrogen and oxygen atoms in total. The van der Waals surface area contributed by atoms with Crippen LogP contribution in [0.25, 0.3) is 10.9 Å². The maximum atomic E-state index is 12.1. The average Bonchev–Trinajstić information content (AvgIpc) is 2.54. The fourth-order valence-corrected chi connectivity index (χ4v) is 2.90. The van der Waals surface area contributed by atoms with Gasteiger partial charge in [-0.25, -0.2) is 0 Å². The Labute approximate surface area is 149 Å². The van der Waals surface area contributed by atoms with Gasteiger partial charge in [0, 0.05) is 30.6 Å². The maximum absolute atomic E-state index is 12.1. The summed E-state index contributed by atoms with van der Waals surface area (Å²) in [4.78, 5) is 16.4. The molecule has 0 radical (unpaired) electrons. The van der Waals surface area contributed by atoms with Crippen LogP contribution in [0.1, 0.15) is 24.8 Å². The Kier molecular flexibility index (Phi) is 8.31. The van der Waals surface area contributed by atoms with Gasteiger partial charge in [-0.05, 0) is 43.5 Å². The Bertz CT molecular complexity index is 625. The number of pyridine rings is 1. The zero-order valence-electron chi connectivity index (χ0n) is 13.0. The molecule has 0 aliphatic carbocycles. The van der Waals surface area contributed by atoms with Gasteiger partial charge < -0.3 is 10.6 Å². The third kappa shape index (κ3) is 5.34. The fraction of sp³-hybridized carbons (Fsp3) is 0.412. The van der Waals surface area contributed by atoms with Crippen LogP contribution < -0.4 is 10.6 Å². The molecular formula is C17H23Cl2N3O. The molecule has 0 unspecified atom stereocenters. The van der Waals surface area contributed by atoms with Gasteiger partial charge in [-0.15, -0.1) is 24.8 Å². The lowest BCUT2D eigenvalue weighted by Crippen LogP contribution is -2.45. The summed E-state index contributed by atoms with van der Waals surface area (Å²) in [5, 5.41) is 7.58. The lowest BCUT2D eigenvalue weighted by molar-refractivity contribution is -0.121. The van der Waals surface area contributed by atoms with E-state index in [1.165, 1.54) is 5.56 Å². The number of nitrogens with one attached hydrogen (secondary N) is 2.